The van der Waals surface area contributed by atoms with Crippen molar-refractivity contribution in [3.8, 4) is 17.2 Å². The van der Waals surface area contributed by atoms with Crippen LogP contribution in [0.1, 0.15) is 43.2 Å². The first-order chi connectivity index (χ1) is 14.8. The van der Waals surface area contributed by atoms with Crippen LogP contribution in [0.2, 0.25) is 10.0 Å². The van der Waals surface area contributed by atoms with Crippen molar-refractivity contribution in [2.24, 2.45) is 0 Å². The molecule has 0 saturated carbocycles. The van der Waals surface area contributed by atoms with Crippen LogP contribution >= 0.6 is 23.2 Å². The molecule has 0 spiro atoms. The van der Waals surface area contributed by atoms with E-state index in [1.165, 1.54) is 6.07 Å². The molecule has 0 aliphatic rings. The lowest BCUT2D eigenvalue weighted by molar-refractivity contribution is -0.138. The standard InChI is InChI=1S/C24H24Cl2O5/c1-14(24(29)30)15-6-7-17-12-18(9-8-16(17)11-15)31-10-4-2-3-5-19-22(26)20(25)13-21(27)23(19)28/h6-9,11-14,27-28H,2-5,10H2,1H3,(H,29,30)/t14-/m0/s1. The predicted molar refractivity (Wildman–Crippen MR) is 123 cm³/mol. The van der Waals surface area contributed by atoms with Crippen molar-refractivity contribution >= 4 is 39.9 Å². The molecule has 3 aromatic rings. The highest BCUT2D eigenvalue weighted by Crippen LogP contribution is 2.40. The molecular formula is C24H24Cl2O5. The van der Waals surface area contributed by atoms with Crippen LogP contribution in [0, 0.1) is 0 Å². The highest BCUT2D eigenvalue weighted by Gasteiger charge is 2.15. The fraction of sp³-hybridized carbons (Fsp3) is 0.292. The van der Waals surface area contributed by atoms with E-state index in [1.54, 1.807) is 6.92 Å². The van der Waals surface area contributed by atoms with Crippen LogP contribution in [-0.4, -0.2) is 27.9 Å². The highest BCUT2D eigenvalue weighted by molar-refractivity contribution is 6.42. The first-order valence-corrected chi connectivity index (χ1v) is 10.8. The molecule has 0 amide bonds. The van der Waals surface area contributed by atoms with Gasteiger partial charge in [-0.3, -0.25) is 4.79 Å². The van der Waals surface area contributed by atoms with Crippen LogP contribution in [0.5, 0.6) is 17.2 Å². The van der Waals surface area contributed by atoms with Crippen molar-refractivity contribution in [3.05, 3.63) is 63.6 Å². The zero-order valence-corrected chi connectivity index (χ0v) is 18.6. The number of carbonyl (C=O) groups is 1. The fourth-order valence-corrected chi connectivity index (χ4v) is 3.85. The van der Waals surface area contributed by atoms with Crippen LogP contribution in [0.15, 0.2) is 42.5 Å². The summed E-state index contributed by atoms with van der Waals surface area (Å²) in [6.07, 6.45) is 2.94. The number of carboxylic acids is 1. The number of ether oxygens (including phenoxy) is 1. The quantitative estimate of drug-likeness (QED) is 0.248. The molecule has 0 heterocycles. The zero-order chi connectivity index (χ0) is 22.5. The van der Waals surface area contributed by atoms with Gasteiger partial charge in [0.15, 0.2) is 11.5 Å². The predicted octanol–water partition coefficient (Wildman–Crippen LogP) is 6.54. The Balaban J connectivity index is 1.50. The second-order valence-corrected chi connectivity index (χ2v) is 8.29. The topological polar surface area (TPSA) is 87.0 Å². The number of fused-ring (bicyclic) bond motifs is 1. The summed E-state index contributed by atoms with van der Waals surface area (Å²) >= 11 is 12.1. The summed E-state index contributed by atoms with van der Waals surface area (Å²) in [5, 5.41) is 31.3. The van der Waals surface area contributed by atoms with Gasteiger partial charge in [0, 0.05) is 11.6 Å². The smallest absolute Gasteiger partial charge is 0.310 e. The van der Waals surface area contributed by atoms with Crippen molar-refractivity contribution in [1.82, 2.24) is 0 Å². The van der Waals surface area contributed by atoms with Gasteiger partial charge in [0.25, 0.3) is 0 Å². The van der Waals surface area contributed by atoms with Gasteiger partial charge in [-0.2, -0.15) is 0 Å². The Hall–Kier alpha value is -2.63. The molecule has 0 unspecified atom stereocenters. The number of hydrogen-bond acceptors (Lipinski definition) is 4. The van der Waals surface area contributed by atoms with E-state index in [4.69, 9.17) is 27.9 Å². The van der Waals surface area contributed by atoms with E-state index in [2.05, 4.69) is 0 Å². The summed E-state index contributed by atoms with van der Waals surface area (Å²) in [7, 11) is 0. The van der Waals surface area contributed by atoms with Crippen molar-refractivity contribution in [3.63, 3.8) is 0 Å². The molecule has 0 aliphatic carbocycles. The molecule has 164 valence electrons. The Kier molecular flexibility index (Phi) is 7.52. The molecule has 3 N–H and O–H groups in total. The Morgan fingerprint density at radius 3 is 2.45 bits per heavy atom. The molecule has 7 heteroatoms. The van der Waals surface area contributed by atoms with Gasteiger partial charge in [0.1, 0.15) is 5.75 Å². The average Bonchev–Trinajstić information content (AvgIpc) is 2.75. The number of benzene rings is 3. The molecule has 0 aliphatic heterocycles. The van der Waals surface area contributed by atoms with E-state index in [0.717, 1.165) is 41.3 Å². The maximum Gasteiger partial charge on any atom is 0.310 e. The molecule has 0 aromatic heterocycles. The van der Waals surface area contributed by atoms with Crippen LogP contribution in [0.25, 0.3) is 10.8 Å². The van der Waals surface area contributed by atoms with E-state index in [1.807, 2.05) is 36.4 Å². The Labute approximate surface area is 190 Å². The monoisotopic (exact) mass is 462 g/mol. The largest absolute Gasteiger partial charge is 0.504 e. The zero-order valence-electron chi connectivity index (χ0n) is 17.1. The highest BCUT2D eigenvalue weighted by atomic mass is 35.5. The maximum absolute atomic E-state index is 11.2. The number of rotatable bonds is 9. The molecular weight excluding hydrogens is 439 g/mol. The second kappa shape index (κ2) is 10.1. The summed E-state index contributed by atoms with van der Waals surface area (Å²) in [6.45, 7) is 2.21. The number of unbranched alkanes of at least 4 members (excludes halogenated alkanes) is 2. The Bertz CT molecular complexity index is 1070. The van der Waals surface area contributed by atoms with Gasteiger partial charge in [-0.25, -0.2) is 0 Å². The normalized spacial score (nSPS) is 12.1. The van der Waals surface area contributed by atoms with Crippen LogP contribution < -0.4 is 4.74 Å². The third-order valence-electron chi connectivity index (χ3n) is 5.31. The van der Waals surface area contributed by atoms with Crippen molar-refractivity contribution < 1.29 is 24.9 Å². The van der Waals surface area contributed by atoms with E-state index in [-0.39, 0.29) is 21.5 Å². The lowest BCUT2D eigenvalue weighted by Gasteiger charge is -2.11. The first-order valence-electron chi connectivity index (χ1n) is 10.1. The van der Waals surface area contributed by atoms with Crippen molar-refractivity contribution in [1.29, 1.82) is 0 Å². The number of carboxylic acid groups (broad SMARTS) is 1. The SMILES string of the molecule is C[C@H](C(=O)O)c1ccc2cc(OCCCCCc3c(O)c(O)cc(Cl)c3Cl)ccc2c1. The van der Waals surface area contributed by atoms with Gasteiger partial charge in [-0.15, -0.1) is 0 Å². The minimum atomic E-state index is -0.844. The molecule has 31 heavy (non-hydrogen) atoms. The third-order valence-corrected chi connectivity index (χ3v) is 6.14. The van der Waals surface area contributed by atoms with E-state index in [9.17, 15) is 20.1 Å². The summed E-state index contributed by atoms with van der Waals surface area (Å²) < 4.78 is 5.84. The minimum Gasteiger partial charge on any atom is -0.504 e. The van der Waals surface area contributed by atoms with Crippen LogP contribution in [0.4, 0.5) is 0 Å². The Morgan fingerprint density at radius 1 is 1.00 bits per heavy atom. The second-order valence-electron chi connectivity index (χ2n) is 7.51. The lowest BCUT2D eigenvalue weighted by atomic mass is 9.98. The van der Waals surface area contributed by atoms with Gasteiger partial charge < -0.3 is 20.1 Å². The lowest BCUT2D eigenvalue weighted by Crippen LogP contribution is -2.07. The van der Waals surface area contributed by atoms with Gasteiger partial charge >= 0.3 is 5.97 Å². The minimum absolute atomic E-state index is 0.219. The average molecular weight is 463 g/mol. The number of phenolic OH excluding ortho intramolecular Hbond substituents is 2. The number of hydrogen-bond donors (Lipinski definition) is 3. The van der Waals surface area contributed by atoms with Crippen LogP contribution in [-0.2, 0) is 11.2 Å². The summed E-state index contributed by atoms with van der Waals surface area (Å²) in [4.78, 5) is 11.2. The molecule has 0 bridgehead atoms. The van der Waals surface area contributed by atoms with Gasteiger partial charge in [0.05, 0.1) is 22.6 Å². The van der Waals surface area contributed by atoms with E-state index < -0.39 is 11.9 Å². The third kappa shape index (κ3) is 5.54. The summed E-state index contributed by atoms with van der Waals surface area (Å²) in [5.41, 5.74) is 1.23. The van der Waals surface area contributed by atoms with Crippen molar-refractivity contribution in [2.45, 2.75) is 38.5 Å². The molecule has 0 saturated heterocycles. The van der Waals surface area contributed by atoms with Gasteiger partial charge in [0.2, 0.25) is 0 Å². The van der Waals surface area contributed by atoms with E-state index >= 15 is 0 Å². The molecule has 1 atom stereocenters. The molecule has 3 aromatic carbocycles. The summed E-state index contributed by atoms with van der Waals surface area (Å²) in [6, 6.07) is 12.6. The number of phenols is 2. The van der Waals surface area contributed by atoms with E-state index in [0.29, 0.717) is 18.6 Å². The fourth-order valence-electron chi connectivity index (χ4n) is 3.40. The molecule has 0 fully saturated rings. The van der Waals surface area contributed by atoms with Crippen LogP contribution in [0.3, 0.4) is 0 Å². The van der Waals surface area contributed by atoms with Gasteiger partial charge in [-0.1, -0.05) is 47.5 Å². The number of aromatic hydroxyl groups is 2. The Morgan fingerprint density at radius 2 is 1.71 bits per heavy atom. The molecule has 3 rings (SSSR count). The molecule has 5 nitrogen and oxygen atoms in total. The number of aliphatic carboxylic acids is 1. The maximum atomic E-state index is 11.2. The summed E-state index contributed by atoms with van der Waals surface area (Å²) in [5.74, 6) is -1.12. The van der Waals surface area contributed by atoms with Crippen molar-refractivity contribution in [2.75, 3.05) is 6.61 Å². The molecule has 0 radical (unpaired) electrons. The first kappa shape index (κ1) is 23.0. The van der Waals surface area contributed by atoms with Gasteiger partial charge in [-0.05, 0) is 61.1 Å². The number of halogens is 2.